The summed E-state index contributed by atoms with van der Waals surface area (Å²) in [5, 5.41) is 3.57. The van der Waals surface area contributed by atoms with Crippen molar-refractivity contribution in [2.45, 2.75) is 34.0 Å². The molecule has 0 aliphatic carbocycles. The van der Waals surface area contributed by atoms with Crippen LogP contribution in [0, 0.1) is 27.7 Å². The lowest BCUT2D eigenvalue weighted by molar-refractivity contribution is 0.0671. The first-order chi connectivity index (χ1) is 14.4. The van der Waals surface area contributed by atoms with Gasteiger partial charge in [-0.1, -0.05) is 12.1 Å². The van der Waals surface area contributed by atoms with Crippen LogP contribution in [0.25, 0.3) is 0 Å². The number of hydrogen-bond acceptors (Lipinski definition) is 7. The van der Waals surface area contributed by atoms with Gasteiger partial charge < -0.3 is 20.7 Å². The number of nitrogens with one attached hydrogen (secondary N) is 1. The summed E-state index contributed by atoms with van der Waals surface area (Å²) in [6.07, 6.45) is -0.400. The Hall–Kier alpha value is -2.77. The quantitative estimate of drug-likeness (QED) is 0.759. The van der Waals surface area contributed by atoms with Crippen LogP contribution < -0.4 is 16.0 Å². The van der Waals surface area contributed by atoms with Gasteiger partial charge in [0.2, 0.25) is 18.2 Å². The summed E-state index contributed by atoms with van der Waals surface area (Å²) < 4.78 is 5.55. The summed E-state index contributed by atoms with van der Waals surface area (Å²) >= 11 is 0. The van der Waals surface area contributed by atoms with Crippen LogP contribution in [0.1, 0.15) is 22.3 Å². The number of nitrogens with two attached hydrogens (primary N) is 1. The Morgan fingerprint density at radius 2 is 1.45 bits per heavy atom. The second-order valence-corrected chi connectivity index (χ2v) is 8.11. The fourth-order valence-electron chi connectivity index (χ4n) is 4.11. The normalized spacial score (nSPS) is 18.8. The predicted octanol–water partition coefficient (Wildman–Crippen LogP) is 3.56. The fourth-order valence-corrected chi connectivity index (χ4v) is 4.11. The van der Waals surface area contributed by atoms with Gasteiger partial charge in [0.1, 0.15) is 0 Å². The lowest BCUT2D eigenvalue weighted by Gasteiger charge is -2.41. The number of morpholine rings is 1. The molecule has 2 heterocycles. The zero-order valence-electron chi connectivity index (χ0n) is 18.6. The van der Waals surface area contributed by atoms with Gasteiger partial charge in [-0.3, -0.25) is 4.90 Å². The zero-order valence-corrected chi connectivity index (χ0v) is 19.4. The number of guanidine groups is 2. The van der Waals surface area contributed by atoms with Crippen LogP contribution in [0.15, 0.2) is 46.4 Å². The number of nitrogens with zero attached hydrogens (tertiary/aromatic N) is 4. The monoisotopic (exact) mass is 442 g/mol. The molecule has 31 heavy (non-hydrogen) atoms. The first kappa shape index (κ1) is 22.9. The number of aryl methyl sites for hydroxylation is 4. The predicted molar refractivity (Wildman–Crippen MR) is 130 cm³/mol. The number of hydrogen-bond donors (Lipinski definition) is 2. The molecule has 0 radical (unpaired) electrons. The molecule has 8 heteroatoms. The summed E-state index contributed by atoms with van der Waals surface area (Å²) in [4.78, 5) is 13.7. The lowest BCUT2D eigenvalue weighted by Crippen LogP contribution is -2.57. The molecule has 1 unspecified atom stereocenters. The molecule has 2 aliphatic heterocycles. The zero-order chi connectivity index (χ0) is 21.3. The van der Waals surface area contributed by atoms with E-state index in [0.717, 1.165) is 30.4 Å². The highest BCUT2D eigenvalue weighted by Gasteiger charge is 2.32. The van der Waals surface area contributed by atoms with E-state index < -0.39 is 6.29 Å². The van der Waals surface area contributed by atoms with Gasteiger partial charge in [0.05, 0.1) is 13.2 Å². The Morgan fingerprint density at radius 3 is 2.03 bits per heavy atom. The number of anilines is 2. The van der Waals surface area contributed by atoms with Crippen molar-refractivity contribution in [1.29, 1.82) is 0 Å². The van der Waals surface area contributed by atoms with Gasteiger partial charge in [0, 0.05) is 24.5 Å². The minimum atomic E-state index is -0.400. The maximum atomic E-state index is 6.17. The summed E-state index contributed by atoms with van der Waals surface area (Å²) in [7, 11) is 0. The highest BCUT2D eigenvalue weighted by atomic mass is 35.5. The molecule has 0 saturated carbocycles. The third kappa shape index (κ3) is 5.29. The Balaban J connectivity index is 0.00000272. The molecule has 0 spiro atoms. The van der Waals surface area contributed by atoms with E-state index in [0.29, 0.717) is 13.2 Å². The van der Waals surface area contributed by atoms with Crippen LogP contribution in [0.4, 0.5) is 11.4 Å². The summed E-state index contributed by atoms with van der Waals surface area (Å²) in [5.74, 6) is 1.08. The van der Waals surface area contributed by atoms with E-state index in [1.165, 1.54) is 22.3 Å². The number of ether oxygens (including phenoxy) is 1. The minimum Gasteiger partial charge on any atom is -0.378 e. The first-order valence-corrected chi connectivity index (χ1v) is 10.4. The molecular formula is C23H31ClN6O. The highest BCUT2D eigenvalue weighted by Crippen LogP contribution is 2.27. The van der Waals surface area contributed by atoms with Gasteiger partial charge >= 0.3 is 0 Å². The van der Waals surface area contributed by atoms with Gasteiger partial charge in [0.15, 0.2) is 0 Å². The largest absolute Gasteiger partial charge is 0.378 e. The van der Waals surface area contributed by atoms with E-state index in [-0.39, 0.29) is 18.4 Å². The summed E-state index contributed by atoms with van der Waals surface area (Å²) in [5.41, 5.74) is 13.0. The van der Waals surface area contributed by atoms with Crippen LogP contribution in [-0.4, -0.2) is 49.4 Å². The topological polar surface area (TPSA) is 78.5 Å². The van der Waals surface area contributed by atoms with Gasteiger partial charge in [-0.15, -0.1) is 12.4 Å². The number of aliphatic imine (C=N–C) groups is 2. The molecule has 1 fully saturated rings. The Bertz CT molecular complexity index is 959. The van der Waals surface area contributed by atoms with Gasteiger partial charge in [-0.2, -0.15) is 4.99 Å². The second-order valence-electron chi connectivity index (χ2n) is 8.11. The van der Waals surface area contributed by atoms with Crippen molar-refractivity contribution >= 4 is 35.7 Å². The van der Waals surface area contributed by atoms with E-state index in [1.54, 1.807) is 0 Å². The van der Waals surface area contributed by atoms with Crippen LogP contribution in [-0.2, 0) is 4.74 Å². The lowest BCUT2D eigenvalue weighted by atomic mass is 10.1. The number of rotatable bonds is 3. The van der Waals surface area contributed by atoms with Crippen molar-refractivity contribution in [3.63, 3.8) is 0 Å². The SMILES string of the molecule is Cc1cc(C)cc(NC2N=C(N)N=C(N3CCOCC3)N2c2cc(C)cc(C)c2)c1.Cl. The van der Waals surface area contributed by atoms with Crippen molar-refractivity contribution in [3.8, 4) is 0 Å². The van der Waals surface area contributed by atoms with E-state index in [4.69, 9.17) is 10.5 Å². The Morgan fingerprint density at radius 1 is 0.903 bits per heavy atom. The maximum Gasteiger partial charge on any atom is 0.222 e. The molecule has 7 nitrogen and oxygen atoms in total. The van der Waals surface area contributed by atoms with Crippen molar-refractivity contribution in [3.05, 3.63) is 58.7 Å². The van der Waals surface area contributed by atoms with E-state index in [1.807, 2.05) is 0 Å². The van der Waals surface area contributed by atoms with Gasteiger partial charge in [-0.05, 0) is 74.2 Å². The highest BCUT2D eigenvalue weighted by molar-refractivity contribution is 6.06. The Kier molecular flexibility index (Phi) is 7.08. The third-order valence-corrected chi connectivity index (χ3v) is 5.23. The smallest absolute Gasteiger partial charge is 0.222 e. The van der Waals surface area contributed by atoms with Crippen LogP contribution in [0.5, 0.6) is 0 Å². The summed E-state index contributed by atoms with van der Waals surface area (Å²) in [6, 6.07) is 12.9. The molecule has 2 aliphatic rings. The van der Waals surface area contributed by atoms with Crippen LogP contribution >= 0.6 is 12.4 Å². The molecule has 0 amide bonds. The van der Waals surface area contributed by atoms with E-state index in [2.05, 4.69) is 89.2 Å². The van der Waals surface area contributed by atoms with Gasteiger partial charge in [-0.25, -0.2) is 4.99 Å². The molecule has 0 aromatic heterocycles. The first-order valence-electron chi connectivity index (χ1n) is 10.4. The molecule has 166 valence electrons. The van der Waals surface area contributed by atoms with Crippen molar-refractivity contribution < 1.29 is 4.74 Å². The summed E-state index contributed by atoms with van der Waals surface area (Å²) in [6.45, 7) is 11.3. The molecule has 2 aromatic rings. The standard InChI is InChI=1S/C23H30N6O.ClH/c1-15-9-16(2)12-19(11-15)25-22-26-21(24)27-23(28-5-7-30-8-6-28)29(22)20-13-17(3)10-18(4)14-20;/h9-14,22,25H,5-8H2,1-4H3,(H2,24,26);1H. The second kappa shape index (κ2) is 9.58. The average molecular weight is 443 g/mol. The maximum absolute atomic E-state index is 6.17. The molecule has 3 N–H and O–H groups in total. The molecule has 1 atom stereocenters. The number of benzene rings is 2. The van der Waals surface area contributed by atoms with Crippen molar-refractivity contribution in [2.75, 3.05) is 36.5 Å². The number of halogens is 1. The van der Waals surface area contributed by atoms with E-state index in [9.17, 15) is 0 Å². The van der Waals surface area contributed by atoms with Gasteiger partial charge in [0.25, 0.3) is 0 Å². The molecule has 2 aromatic carbocycles. The minimum absolute atomic E-state index is 0. The third-order valence-electron chi connectivity index (χ3n) is 5.23. The van der Waals surface area contributed by atoms with Crippen LogP contribution in [0.3, 0.4) is 0 Å². The molecular weight excluding hydrogens is 412 g/mol. The van der Waals surface area contributed by atoms with Crippen LogP contribution in [0.2, 0.25) is 0 Å². The Labute approximate surface area is 190 Å². The van der Waals surface area contributed by atoms with E-state index >= 15 is 0 Å². The van der Waals surface area contributed by atoms with Crippen molar-refractivity contribution in [1.82, 2.24) is 4.90 Å². The molecule has 1 saturated heterocycles. The van der Waals surface area contributed by atoms with Crippen molar-refractivity contribution in [2.24, 2.45) is 15.7 Å². The average Bonchev–Trinajstić information content (AvgIpc) is 2.66. The fraction of sp³-hybridized carbons (Fsp3) is 0.391. The molecule has 0 bridgehead atoms. The molecule has 4 rings (SSSR count).